The minimum absolute atomic E-state index is 0.0466. The molecule has 1 amide bonds. The van der Waals surface area contributed by atoms with Gasteiger partial charge in [0.25, 0.3) is 5.91 Å². The lowest BCUT2D eigenvalue weighted by Gasteiger charge is -2.24. The van der Waals surface area contributed by atoms with E-state index in [2.05, 4.69) is 14.9 Å². The molecule has 1 aliphatic rings. The molecule has 0 aliphatic carbocycles. The smallest absolute Gasteiger partial charge is 0.251 e. The molecule has 4 nitrogen and oxygen atoms in total. The number of amides is 1. The van der Waals surface area contributed by atoms with Gasteiger partial charge in [0.2, 0.25) is 0 Å². The molecular weight excluding hydrogens is 262 g/mol. The zero-order valence-corrected chi connectivity index (χ0v) is 11.1. The first kappa shape index (κ1) is 12.2. The zero-order valence-electron chi connectivity index (χ0n) is 10.3. The van der Waals surface area contributed by atoms with Gasteiger partial charge in [0, 0.05) is 41.5 Å². The van der Waals surface area contributed by atoms with E-state index < -0.39 is 0 Å². The van der Waals surface area contributed by atoms with Gasteiger partial charge in [0.15, 0.2) is 0 Å². The Kier molecular flexibility index (Phi) is 3.25. The van der Waals surface area contributed by atoms with Crippen LogP contribution in [0.1, 0.15) is 22.5 Å². The molecule has 19 heavy (non-hydrogen) atoms. The normalized spacial score (nSPS) is 17.8. The summed E-state index contributed by atoms with van der Waals surface area (Å²) >= 11 is 5.81. The summed E-state index contributed by atoms with van der Waals surface area (Å²) in [5.41, 5.74) is 1.82. The molecule has 0 saturated heterocycles. The van der Waals surface area contributed by atoms with Crippen molar-refractivity contribution >= 4 is 17.5 Å². The van der Waals surface area contributed by atoms with Crippen molar-refractivity contribution in [2.24, 2.45) is 0 Å². The molecule has 3 rings (SSSR count). The highest BCUT2D eigenvalue weighted by atomic mass is 35.5. The molecule has 1 aliphatic heterocycles. The van der Waals surface area contributed by atoms with Crippen LogP contribution in [-0.4, -0.2) is 21.5 Å². The average molecular weight is 276 g/mol. The van der Waals surface area contributed by atoms with Gasteiger partial charge in [-0.1, -0.05) is 11.6 Å². The number of halogens is 1. The van der Waals surface area contributed by atoms with Gasteiger partial charge in [-0.25, -0.2) is 4.98 Å². The predicted molar refractivity (Wildman–Crippen MR) is 73.3 cm³/mol. The number of hydrogen-bond donors (Lipinski definition) is 1. The van der Waals surface area contributed by atoms with Crippen LogP contribution >= 0.6 is 11.6 Å². The first-order valence-electron chi connectivity index (χ1n) is 6.28. The molecule has 0 spiro atoms. The van der Waals surface area contributed by atoms with Crippen molar-refractivity contribution in [1.29, 1.82) is 0 Å². The Hall–Kier alpha value is -1.81. The van der Waals surface area contributed by atoms with E-state index in [0.29, 0.717) is 10.6 Å². The lowest BCUT2D eigenvalue weighted by molar-refractivity contribution is 0.0931. The van der Waals surface area contributed by atoms with Crippen LogP contribution in [-0.2, 0) is 13.0 Å². The summed E-state index contributed by atoms with van der Waals surface area (Å²) in [6, 6.07) is 7.11. The number of nitrogens with zero attached hydrogens (tertiary/aromatic N) is 2. The van der Waals surface area contributed by atoms with Crippen molar-refractivity contribution in [3.63, 3.8) is 0 Å². The zero-order chi connectivity index (χ0) is 13.2. The van der Waals surface area contributed by atoms with Gasteiger partial charge in [-0.05, 0) is 30.7 Å². The van der Waals surface area contributed by atoms with E-state index in [-0.39, 0.29) is 11.9 Å². The largest absolute Gasteiger partial charge is 0.349 e. The van der Waals surface area contributed by atoms with E-state index in [9.17, 15) is 4.79 Å². The molecule has 1 unspecified atom stereocenters. The predicted octanol–water partition coefficient (Wildman–Crippen LogP) is 2.28. The van der Waals surface area contributed by atoms with Crippen molar-refractivity contribution in [1.82, 2.24) is 14.9 Å². The molecular formula is C14H14ClN3O. The highest BCUT2D eigenvalue weighted by Crippen LogP contribution is 2.15. The first-order valence-corrected chi connectivity index (χ1v) is 6.65. The third kappa shape index (κ3) is 2.63. The van der Waals surface area contributed by atoms with Crippen LogP contribution in [0.3, 0.4) is 0 Å². The molecule has 0 fully saturated rings. The molecule has 1 atom stereocenters. The quantitative estimate of drug-likeness (QED) is 0.914. The van der Waals surface area contributed by atoms with Crippen LogP contribution in [0.25, 0.3) is 0 Å². The highest BCUT2D eigenvalue weighted by molar-refractivity contribution is 6.30. The van der Waals surface area contributed by atoms with Gasteiger partial charge in [-0.3, -0.25) is 4.79 Å². The number of aromatic nitrogens is 2. The number of hydrogen-bond acceptors (Lipinski definition) is 2. The van der Waals surface area contributed by atoms with Crippen molar-refractivity contribution in [3.8, 4) is 0 Å². The molecule has 2 aromatic rings. The maximum atomic E-state index is 12.1. The Labute approximate surface area is 116 Å². The summed E-state index contributed by atoms with van der Waals surface area (Å²) < 4.78 is 2.13. The number of carbonyl (C=O) groups excluding carboxylic acids is 1. The van der Waals surface area contributed by atoms with Crippen LogP contribution < -0.4 is 5.32 Å². The van der Waals surface area contributed by atoms with E-state index in [1.165, 1.54) is 5.69 Å². The molecule has 98 valence electrons. The minimum Gasteiger partial charge on any atom is -0.349 e. The molecule has 1 aromatic carbocycles. The Balaban J connectivity index is 1.66. The lowest BCUT2D eigenvalue weighted by atomic mass is 10.0. The second-order valence-corrected chi connectivity index (χ2v) is 5.18. The maximum Gasteiger partial charge on any atom is 0.251 e. The van der Waals surface area contributed by atoms with Crippen LogP contribution in [0, 0.1) is 0 Å². The summed E-state index contributed by atoms with van der Waals surface area (Å²) in [7, 11) is 0. The number of imidazole rings is 1. The van der Waals surface area contributed by atoms with Gasteiger partial charge in [-0.15, -0.1) is 0 Å². The van der Waals surface area contributed by atoms with Crippen LogP contribution in [0.15, 0.2) is 36.8 Å². The molecule has 2 heterocycles. The standard InChI is InChI=1S/C14H14ClN3O/c15-11-3-1-10(2-4-11)14(19)17-12-5-6-18-9-16-8-13(18)7-12/h1-4,8-9,12H,5-7H2,(H,17,19). The number of benzene rings is 1. The lowest BCUT2D eigenvalue weighted by Crippen LogP contribution is -2.39. The molecule has 0 saturated carbocycles. The van der Waals surface area contributed by atoms with Gasteiger partial charge in [-0.2, -0.15) is 0 Å². The fraction of sp³-hybridized carbons (Fsp3) is 0.286. The second-order valence-electron chi connectivity index (χ2n) is 4.75. The molecule has 0 radical (unpaired) electrons. The minimum atomic E-state index is -0.0466. The fourth-order valence-corrected chi connectivity index (χ4v) is 2.49. The highest BCUT2D eigenvalue weighted by Gasteiger charge is 2.20. The topological polar surface area (TPSA) is 46.9 Å². The summed E-state index contributed by atoms with van der Waals surface area (Å²) in [6.07, 6.45) is 5.47. The van der Waals surface area contributed by atoms with Crippen molar-refractivity contribution in [3.05, 3.63) is 53.1 Å². The maximum absolute atomic E-state index is 12.1. The summed E-state index contributed by atoms with van der Waals surface area (Å²) in [6.45, 7) is 0.904. The second kappa shape index (κ2) is 5.05. The van der Waals surface area contributed by atoms with E-state index >= 15 is 0 Å². The van der Waals surface area contributed by atoms with Gasteiger partial charge in [0.1, 0.15) is 0 Å². The van der Waals surface area contributed by atoms with E-state index in [1.807, 2.05) is 12.5 Å². The first-order chi connectivity index (χ1) is 9.22. The van der Waals surface area contributed by atoms with Crippen molar-refractivity contribution in [2.45, 2.75) is 25.4 Å². The van der Waals surface area contributed by atoms with Crippen LogP contribution in [0.4, 0.5) is 0 Å². The van der Waals surface area contributed by atoms with Crippen LogP contribution in [0.5, 0.6) is 0 Å². The molecule has 0 bridgehead atoms. The summed E-state index contributed by atoms with van der Waals surface area (Å²) in [5.74, 6) is -0.0466. The van der Waals surface area contributed by atoms with Crippen LogP contribution in [0.2, 0.25) is 5.02 Å². The number of aryl methyl sites for hydroxylation is 1. The van der Waals surface area contributed by atoms with Gasteiger partial charge < -0.3 is 9.88 Å². The van der Waals surface area contributed by atoms with Gasteiger partial charge >= 0.3 is 0 Å². The monoisotopic (exact) mass is 275 g/mol. The third-order valence-corrected chi connectivity index (χ3v) is 3.67. The summed E-state index contributed by atoms with van der Waals surface area (Å²) in [5, 5.41) is 3.70. The Bertz CT molecular complexity index is 591. The molecule has 1 N–H and O–H groups in total. The van der Waals surface area contributed by atoms with E-state index in [4.69, 9.17) is 11.6 Å². The van der Waals surface area contributed by atoms with E-state index in [1.54, 1.807) is 24.3 Å². The Morgan fingerprint density at radius 2 is 2.16 bits per heavy atom. The fourth-order valence-electron chi connectivity index (χ4n) is 2.36. The number of fused-ring (bicyclic) bond motifs is 1. The van der Waals surface area contributed by atoms with Gasteiger partial charge in [0.05, 0.1) is 6.33 Å². The molecule has 1 aromatic heterocycles. The third-order valence-electron chi connectivity index (χ3n) is 3.41. The number of rotatable bonds is 2. The number of nitrogens with one attached hydrogen (secondary N) is 1. The van der Waals surface area contributed by atoms with Crippen molar-refractivity contribution < 1.29 is 4.79 Å². The summed E-state index contributed by atoms with van der Waals surface area (Å²) in [4.78, 5) is 16.2. The number of carbonyl (C=O) groups is 1. The SMILES string of the molecule is O=C(NC1CCn2cncc2C1)c1ccc(Cl)cc1. The van der Waals surface area contributed by atoms with Crippen molar-refractivity contribution in [2.75, 3.05) is 0 Å². The Morgan fingerprint density at radius 3 is 2.95 bits per heavy atom. The average Bonchev–Trinajstić information content (AvgIpc) is 2.87. The Morgan fingerprint density at radius 1 is 1.37 bits per heavy atom. The molecule has 5 heteroatoms. The van der Waals surface area contributed by atoms with E-state index in [0.717, 1.165) is 19.4 Å².